The Morgan fingerprint density at radius 2 is 1.81 bits per heavy atom. The molecule has 1 atom stereocenters. The second kappa shape index (κ2) is 7.76. The van der Waals surface area contributed by atoms with Gasteiger partial charge in [-0.25, -0.2) is 9.59 Å². The van der Waals surface area contributed by atoms with Crippen molar-refractivity contribution >= 4 is 29.3 Å². The SMILES string of the molecule is CN(C)C(=O)N1CCN(C(=O)c2cccc3c2Oc2c(c(=O)[nH][nH]c2=O)N3)C(C(=O)O)C1. The van der Waals surface area contributed by atoms with E-state index in [0.717, 1.165) is 4.90 Å². The Hall–Kier alpha value is -4.29. The van der Waals surface area contributed by atoms with Gasteiger partial charge >= 0.3 is 17.6 Å². The topological polar surface area (TPSA) is 168 Å². The van der Waals surface area contributed by atoms with Crippen molar-refractivity contribution in [3.8, 4) is 11.5 Å². The number of aromatic nitrogens is 2. The van der Waals surface area contributed by atoms with Gasteiger partial charge in [-0.2, -0.15) is 0 Å². The molecule has 32 heavy (non-hydrogen) atoms. The number of nitrogens with zero attached hydrogens (tertiary/aromatic N) is 3. The Balaban J connectivity index is 1.67. The molecule has 3 amide bonds. The van der Waals surface area contributed by atoms with Gasteiger partial charge in [-0.3, -0.25) is 24.6 Å². The molecule has 3 heterocycles. The summed E-state index contributed by atoms with van der Waals surface area (Å²) in [4.78, 5) is 65.4. The highest BCUT2D eigenvalue weighted by Gasteiger charge is 2.39. The van der Waals surface area contributed by atoms with E-state index in [2.05, 4.69) is 15.5 Å². The van der Waals surface area contributed by atoms with Crippen LogP contribution in [0.2, 0.25) is 0 Å². The highest BCUT2D eigenvalue weighted by molar-refractivity contribution is 6.01. The van der Waals surface area contributed by atoms with Gasteiger partial charge in [-0.05, 0) is 12.1 Å². The predicted octanol–water partition coefficient (Wildman–Crippen LogP) is -0.195. The van der Waals surface area contributed by atoms with E-state index in [1.165, 1.54) is 21.9 Å². The zero-order chi connectivity index (χ0) is 23.2. The van der Waals surface area contributed by atoms with Crippen molar-refractivity contribution in [2.45, 2.75) is 6.04 Å². The minimum absolute atomic E-state index is 0.00274. The third kappa shape index (κ3) is 3.42. The average Bonchev–Trinajstić information content (AvgIpc) is 2.78. The lowest BCUT2D eigenvalue weighted by atomic mass is 10.1. The number of hydrogen-bond donors (Lipinski definition) is 4. The number of nitrogens with one attached hydrogen (secondary N) is 3. The zero-order valence-electron chi connectivity index (χ0n) is 17.2. The molecular weight excluding hydrogens is 424 g/mol. The molecule has 4 rings (SSSR count). The summed E-state index contributed by atoms with van der Waals surface area (Å²) in [5.41, 5.74) is -1.15. The molecule has 2 aliphatic rings. The minimum Gasteiger partial charge on any atom is -0.480 e. The lowest BCUT2D eigenvalue weighted by molar-refractivity contribution is -0.144. The number of urea groups is 1. The monoisotopic (exact) mass is 444 g/mol. The maximum absolute atomic E-state index is 13.3. The van der Waals surface area contributed by atoms with Gasteiger partial charge in [0, 0.05) is 27.2 Å². The lowest BCUT2D eigenvalue weighted by Crippen LogP contribution is -2.60. The third-order valence-electron chi connectivity index (χ3n) is 5.24. The van der Waals surface area contributed by atoms with Crippen molar-refractivity contribution in [2.75, 3.05) is 39.0 Å². The van der Waals surface area contributed by atoms with Crippen LogP contribution in [-0.2, 0) is 4.79 Å². The number of piperazine rings is 1. The fraction of sp³-hybridized carbons (Fsp3) is 0.316. The van der Waals surface area contributed by atoms with E-state index in [-0.39, 0.29) is 54.1 Å². The van der Waals surface area contributed by atoms with Crippen molar-refractivity contribution in [3.63, 3.8) is 0 Å². The summed E-state index contributed by atoms with van der Waals surface area (Å²) in [5.74, 6) is -2.21. The van der Waals surface area contributed by atoms with Crippen LogP contribution in [0.15, 0.2) is 27.8 Å². The van der Waals surface area contributed by atoms with Crippen molar-refractivity contribution < 1.29 is 24.2 Å². The maximum atomic E-state index is 13.3. The Morgan fingerprint density at radius 1 is 1.09 bits per heavy atom. The number of rotatable bonds is 2. The van der Waals surface area contributed by atoms with E-state index < -0.39 is 29.0 Å². The first-order valence-corrected chi connectivity index (χ1v) is 9.62. The second-order valence-electron chi connectivity index (χ2n) is 7.50. The second-order valence-corrected chi connectivity index (χ2v) is 7.50. The van der Waals surface area contributed by atoms with E-state index in [4.69, 9.17) is 4.74 Å². The van der Waals surface area contributed by atoms with Gasteiger partial charge in [0.2, 0.25) is 5.75 Å². The van der Waals surface area contributed by atoms with Crippen LogP contribution < -0.4 is 21.2 Å². The number of ether oxygens (including phenoxy) is 1. The highest BCUT2D eigenvalue weighted by atomic mass is 16.5. The first-order chi connectivity index (χ1) is 15.2. The molecule has 4 N–H and O–H groups in total. The molecule has 168 valence electrons. The molecule has 0 aliphatic carbocycles. The number of aliphatic carboxylic acids is 1. The zero-order valence-corrected chi connectivity index (χ0v) is 17.2. The molecular formula is C19H20N6O7. The number of benzene rings is 1. The fourth-order valence-electron chi connectivity index (χ4n) is 3.66. The number of hydrogen-bond acceptors (Lipinski definition) is 7. The number of anilines is 2. The van der Waals surface area contributed by atoms with Crippen LogP contribution in [0.1, 0.15) is 10.4 Å². The Kier molecular flexibility index (Phi) is 5.08. The van der Waals surface area contributed by atoms with Gasteiger partial charge in [0.05, 0.1) is 17.8 Å². The third-order valence-corrected chi connectivity index (χ3v) is 5.24. The minimum atomic E-state index is -1.27. The number of amides is 3. The van der Waals surface area contributed by atoms with Gasteiger partial charge in [-0.15, -0.1) is 0 Å². The predicted molar refractivity (Wildman–Crippen MR) is 111 cm³/mol. The fourth-order valence-corrected chi connectivity index (χ4v) is 3.66. The van der Waals surface area contributed by atoms with Crippen LogP contribution >= 0.6 is 0 Å². The summed E-state index contributed by atoms with van der Waals surface area (Å²) >= 11 is 0. The van der Waals surface area contributed by atoms with E-state index in [1.807, 2.05) is 0 Å². The summed E-state index contributed by atoms with van der Waals surface area (Å²) in [7, 11) is 3.11. The lowest BCUT2D eigenvalue weighted by Gasteiger charge is -2.40. The van der Waals surface area contributed by atoms with E-state index in [9.17, 15) is 29.1 Å². The van der Waals surface area contributed by atoms with Gasteiger partial charge in [0.15, 0.2) is 11.4 Å². The first-order valence-electron chi connectivity index (χ1n) is 9.62. The number of carboxylic acid groups (broad SMARTS) is 1. The number of carboxylic acids is 1. The Labute approximate surface area is 180 Å². The summed E-state index contributed by atoms with van der Waals surface area (Å²) in [6.45, 7) is -0.0358. The molecule has 13 heteroatoms. The molecule has 0 radical (unpaired) electrons. The van der Waals surface area contributed by atoms with Crippen LogP contribution in [0.3, 0.4) is 0 Å². The molecule has 0 spiro atoms. The van der Waals surface area contributed by atoms with Crippen LogP contribution in [0.25, 0.3) is 0 Å². The van der Waals surface area contributed by atoms with E-state index >= 15 is 0 Å². The molecule has 1 aromatic carbocycles. The number of fused-ring (bicyclic) bond motifs is 2. The molecule has 2 aromatic rings. The van der Waals surface area contributed by atoms with Crippen molar-refractivity contribution in [1.29, 1.82) is 0 Å². The van der Waals surface area contributed by atoms with Crippen LogP contribution in [0.5, 0.6) is 11.5 Å². The van der Waals surface area contributed by atoms with Gasteiger partial charge < -0.3 is 29.9 Å². The van der Waals surface area contributed by atoms with Crippen LogP contribution in [0, 0.1) is 0 Å². The van der Waals surface area contributed by atoms with Gasteiger partial charge in [0.1, 0.15) is 6.04 Å². The van der Waals surface area contributed by atoms with E-state index in [0.29, 0.717) is 0 Å². The largest absolute Gasteiger partial charge is 0.480 e. The van der Waals surface area contributed by atoms with Crippen molar-refractivity contribution in [3.05, 3.63) is 44.5 Å². The number of H-pyrrole nitrogens is 2. The molecule has 1 aromatic heterocycles. The smallest absolute Gasteiger partial charge is 0.328 e. The molecule has 1 fully saturated rings. The Morgan fingerprint density at radius 3 is 2.50 bits per heavy atom. The Bertz CT molecular complexity index is 1230. The molecule has 2 aliphatic heterocycles. The number of aromatic amines is 2. The number of carbonyl (C=O) groups is 3. The molecule has 0 bridgehead atoms. The quantitative estimate of drug-likeness (QED) is 0.421. The normalized spacial score (nSPS) is 16.9. The first kappa shape index (κ1) is 21.0. The number of carbonyl (C=O) groups excluding carboxylic acids is 2. The highest BCUT2D eigenvalue weighted by Crippen LogP contribution is 2.41. The maximum Gasteiger partial charge on any atom is 0.328 e. The molecule has 1 saturated heterocycles. The molecule has 13 nitrogen and oxygen atoms in total. The standard InChI is InChI=1S/C19H20N6O7/c1-23(2)19(31)24-6-7-25(11(8-24)18(29)30)17(28)9-4-3-5-10-13(9)32-14-12(20-10)15(26)21-22-16(14)27/h3-5,11,20H,6-8H2,1-2H3,(H,21,26)(H,22,27)(H,29,30). The van der Waals surface area contributed by atoms with Crippen LogP contribution in [0.4, 0.5) is 16.2 Å². The summed E-state index contributed by atoms with van der Waals surface area (Å²) < 4.78 is 5.63. The summed E-state index contributed by atoms with van der Waals surface area (Å²) in [6.07, 6.45) is 0. The van der Waals surface area contributed by atoms with Gasteiger partial charge in [-0.1, -0.05) is 6.07 Å². The molecule has 1 unspecified atom stereocenters. The van der Waals surface area contributed by atoms with Crippen molar-refractivity contribution in [2.24, 2.45) is 0 Å². The van der Waals surface area contributed by atoms with Gasteiger partial charge in [0.25, 0.3) is 11.5 Å². The summed E-state index contributed by atoms with van der Waals surface area (Å²) in [6, 6.07) is 2.90. The molecule has 0 saturated carbocycles. The number of para-hydroxylation sites is 1. The average molecular weight is 444 g/mol. The van der Waals surface area contributed by atoms with E-state index in [1.54, 1.807) is 20.2 Å². The van der Waals surface area contributed by atoms with Crippen LogP contribution in [-0.4, -0.2) is 87.7 Å². The van der Waals surface area contributed by atoms with Crippen molar-refractivity contribution in [1.82, 2.24) is 24.9 Å². The summed E-state index contributed by atoms with van der Waals surface area (Å²) in [5, 5.41) is 16.8.